The molecular formula is C14H19N3. The first kappa shape index (κ1) is 11.7. The van der Waals surface area contributed by atoms with Gasteiger partial charge in [0.1, 0.15) is 5.82 Å². The minimum absolute atomic E-state index is 0.765. The molecule has 2 aromatic rings. The molecule has 0 saturated carbocycles. The number of anilines is 1. The molecule has 3 heteroatoms. The Bertz CT molecular complexity index is 553. The molecule has 0 saturated heterocycles. The van der Waals surface area contributed by atoms with Crippen molar-refractivity contribution in [2.24, 2.45) is 7.05 Å². The topological polar surface area (TPSA) is 43.8 Å². The number of aryl methyl sites for hydroxylation is 3. The number of hydrogen-bond acceptors (Lipinski definition) is 2. The molecule has 17 heavy (non-hydrogen) atoms. The predicted molar refractivity (Wildman–Crippen MR) is 71.9 cm³/mol. The van der Waals surface area contributed by atoms with Gasteiger partial charge in [-0.2, -0.15) is 5.10 Å². The Balaban J connectivity index is 2.60. The Labute approximate surface area is 102 Å². The zero-order valence-electron chi connectivity index (χ0n) is 10.9. The van der Waals surface area contributed by atoms with Crippen LogP contribution >= 0.6 is 0 Å². The Kier molecular flexibility index (Phi) is 2.92. The van der Waals surface area contributed by atoms with E-state index in [1.165, 1.54) is 11.1 Å². The monoisotopic (exact) mass is 229 g/mol. The van der Waals surface area contributed by atoms with Crippen molar-refractivity contribution >= 4 is 5.82 Å². The fourth-order valence-corrected chi connectivity index (χ4v) is 2.05. The molecule has 0 bridgehead atoms. The van der Waals surface area contributed by atoms with E-state index in [2.05, 4.69) is 44.1 Å². The Morgan fingerprint density at radius 1 is 1.24 bits per heavy atom. The van der Waals surface area contributed by atoms with Gasteiger partial charge in [-0.05, 0) is 37.5 Å². The van der Waals surface area contributed by atoms with Crippen molar-refractivity contribution in [3.05, 3.63) is 34.9 Å². The molecule has 1 aromatic heterocycles. The standard InChI is InChI=1S/C14H19N3/c1-5-12-13(16-17(4)14(12)15)11-7-6-9(2)10(3)8-11/h6-8H,5,15H2,1-4H3. The predicted octanol–water partition coefficient (Wildman–Crippen LogP) is 2.85. The second-order valence-electron chi connectivity index (χ2n) is 4.49. The Morgan fingerprint density at radius 2 is 1.94 bits per heavy atom. The van der Waals surface area contributed by atoms with Gasteiger partial charge in [-0.25, -0.2) is 0 Å². The summed E-state index contributed by atoms with van der Waals surface area (Å²) in [5, 5.41) is 4.51. The van der Waals surface area contributed by atoms with E-state index in [0.717, 1.165) is 29.1 Å². The Hall–Kier alpha value is -1.77. The molecule has 0 amide bonds. The number of nitrogens with zero attached hydrogens (tertiary/aromatic N) is 2. The molecular weight excluding hydrogens is 210 g/mol. The number of rotatable bonds is 2. The van der Waals surface area contributed by atoms with E-state index in [1.807, 2.05) is 7.05 Å². The number of hydrogen-bond donors (Lipinski definition) is 1. The van der Waals surface area contributed by atoms with Crippen LogP contribution in [0.1, 0.15) is 23.6 Å². The average molecular weight is 229 g/mol. The van der Waals surface area contributed by atoms with Crippen LogP contribution in [0, 0.1) is 13.8 Å². The van der Waals surface area contributed by atoms with E-state index in [4.69, 9.17) is 5.73 Å². The van der Waals surface area contributed by atoms with E-state index < -0.39 is 0 Å². The minimum atomic E-state index is 0.765. The summed E-state index contributed by atoms with van der Waals surface area (Å²) in [5.41, 5.74) is 11.9. The van der Waals surface area contributed by atoms with E-state index >= 15 is 0 Å². The molecule has 2 N–H and O–H groups in total. The second kappa shape index (κ2) is 4.24. The van der Waals surface area contributed by atoms with Crippen molar-refractivity contribution in [3.8, 4) is 11.3 Å². The number of nitrogens with two attached hydrogens (primary N) is 1. The summed E-state index contributed by atoms with van der Waals surface area (Å²) in [6.07, 6.45) is 0.905. The number of aromatic nitrogens is 2. The van der Waals surface area contributed by atoms with Crippen molar-refractivity contribution < 1.29 is 0 Å². The number of nitrogen functional groups attached to an aromatic ring is 1. The van der Waals surface area contributed by atoms with E-state index in [0.29, 0.717) is 0 Å². The molecule has 0 unspecified atom stereocenters. The van der Waals surface area contributed by atoms with Gasteiger partial charge in [-0.1, -0.05) is 19.1 Å². The van der Waals surface area contributed by atoms with Gasteiger partial charge in [-0.15, -0.1) is 0 Å². The van der Waals surface area contributed by atoms with Gasteiger partial charge in [0.25, 0.3) is 0 Å². The van der Waals surface area contributed by atoms with Crippen LogP contribution in [0.3, 0.4) is 0 Å². The lowest BCUT2D eigenvalue weighted by atomic mass is 10.0. The largest absolute Gasteiger partial charge is 0.384 e. The van der Waals surface area contributed by atoms with Crippen LogP contribution in [0.4, 0.5) is 5.82 Å². The zero-order valence-corrected chi connectivity index (χ0v) is 10.9. The normalized spacial score (nSPS) is 10.8. The molecule has 1 aromatic carbocycles. The Morgan fingerprint density at radius 3 is 2.53 bits per heavy atom. The first-order chi connectivity index (χ1) is 8.04. The van der Waals surface area contributed by atoms with Gasteiger partial charge in [0.2, 0.25) is 0 Å². The van der Waals surface area contributed by atoms with Crippen LogP contribution in [-0.4, -0.2) is 9.78 Å². The highest BCUT2D eigenvalue weighted by Crippen LogP contribution is 2.28. The van der Waals surface area contributed by atoms with Crippen LogP contribution in [0.2, 0.25) is 0 Å². The average Bonchev–Trinajstić information content (AvgIpc) is 2.59. The third-order valence-corrected chi connectivity index (χ3v) is 3.33. The lowest BCUT2D eigenvalue weighted by Gasteiger charge is -2.04. The minimum Gasteiger partial charge on any atom is -0.384 e. The highest BCUT2D eigenvalue weighted by molar-refractivity contribution is 5.69. The summed E-state index contributed by atoms with van der Waals surface area (Å²) >= 11 is 0. The van der Waals surface area contributed by atoms with Crippen molar-refractivity contribution in [3.63, 3.8) is 0 Å². The van der Waals surface area contributed by atoms with E-state index in [1.54, 1.807) is 4.68 Å². The van der Waals surface area contributed by atoms with Gasteiger partial charge in [-0.3, -0.25) is 4.68 Å². The summed E-state index contributed by atoms with van der Waals surface area (Å²) in [6.45, 7) is 6.35. The molecule has 0 aliphatic rings. The van der Waals surface area contributed by atoms with Gasteiger partial charge in [0.05, 0.1) is 5.69 Å². The molecule has 0 spiro atoms. The number of benzene rings is 1. The zero-order chi connectivity index (χ0) is 12.6. The van der Waals surface area contributed by atoms with Crippen molar-refractivity contribution in [2.75, 3.05) is 5.73 Å². The highest BCUT2D eigenvalue weighted by atomic mass is 15.3. The lowest BCUT2D eigenvalue weighted by Crippen LogP contribution is -1.98. The lowest BCUT2D eigenvalue weighted by molar-refractivity contribution is 0.781. The maximum atomic E-state index is 6.02. The van der Waals surface area contributed by atoms with Gasteiger partial charge in [0, 0.05) is 18.2 Å². The molecule has 0 atom stereocenters. The highest BCUT2D eigenvalue weighted by Gasteiger charge is 2.13. The second-order valence-corrected chi connectivity index (χ2v) is 4.49. The third kappa shape index (κ3) is 1.93. The molecule has 2 rings (SSSR count). The van der Waals surface area contributed by atoms with Gasteiger partial charge >= 0.3 is 0 Å². The third-order valence-electron chi connectivity index (χ3n) is 3.33. The molecule has 3 nitrogen and oxygen atoms in total. The van der Waals surface area contributed by atoms with E-state index in [9.17, 15) is 0 Å². The molecule has 0 radical (unpaired) electrons. The first-order valence-electron chi connectivity index (χ1n) is 5.93. The van der Waals surface area contributed by atoms with Crippen molar-refractivity contribution in [2.45, 2.75) is 27.2 Å². The van der Waals surface area contributed by atoms with Gasteiger partial charge in [0.15, 0.2) is 0 Å². The van der Waals surface area contributed by atoms with E-state index in [-0.39, 0.29) is 0 Å². The molecule has 90 valence electrons. The van der Waals surface area contributed by atoms with Crippen LogP contribution in [0.15, 0.2) is 18.2 Å². The fraction of sp³-hybridized carbons (Fsp3) is 0.357. The maximum Gasteiger partial charge on any atom is 0.125 e. The summed E-state index contributed by atoms with van der Waals surface area (Å²) in [5.74, 6) is 0.765. The maximum absolute atomic E-state index is 6.02. The summed E-state index contributed by atoms with van der Waals surface area (Å²) in [7, 11) is 1.89. The van der Waals surface area contributed by atoms with Gasteiger partial charge < -0.3 is 5.73 Å². The summed E-state index contributed by atoms with van der Waals surface area (Å²) in [4.78, 5) is 0. The first-order valence-corrected chi connectivity index (χ1v) is 5.93. The molecule has 0 aliphatic carbocycles. The quantitative estimate of drug-likeness (QED) is 0.860. The van der Waals surface area contributed by atoms with Crippen LogP contribution in [-0.2, 0) is 13.5 Å². The van der Waals surface area contributed by atoms with Crippen LogP contribution in [0.5, 0.6) is 0 Å². The summed E-state index contributed by atoms with van der Waals surface area (Å²) in [6, 6.07) is 6.43. The van der Waals surface area contributed by atoms with Crippen molar-refractivity contribution in [1.82, 2.24) is 9.78 Å². The smallest absolute Gasteiger partial charge is 0.125 e. The molecule has 0 aliphatic heterocycles. The van der Waals surface area contributed by atoms with Crippen molar-refractivity contribution in [1.29, 1.82) is 0 Å². The van der Waals surface area contributed by atoms with Crippen LogP contribution < -0.4 is 5.73 Å². The fourth-order valence-electron chi connectivity index (χ4n) is 2.05. The van der Waals surface area contributed by atoms with Crippen LogP contribution in [0.25, 0.3) is 11.3 Å². The summed E-state index contributed by atoms with van der Waals surface area (Å²) < 4.78 is 1.75. The molecule has 0 fully saturated rings. The SMILES string of the molecule is CCc1c(-c2ccc(C)c(C)c2)nn(C)c1N. The molecule has 1 heterocycles.